The number of aromatic nitrogens is 1. The first-order chi connectivity index (χ1) is 9.23. The maximum absolute atomic E-state index is 5.82. The Morgan fingerprint density at radius 2 is 2.32 bits per heavy atom. The first-order valence-electron chi connectivity index (χ1n) is 6.44. The molecule has 6 heteroatoms. The van der Waals surface area contributed by atoms with Gasteiger partial charge in [-0.15, -0.1) is 0 Å². The Kier molecular flexibility index (Phi) is 4.93. The molecule has 2 N–H and O–H groups in total. The van der Waals surface area contributed by atoms with E-state index in [2.05, 4.69) is 15.2 Å². The predicted molar refractivity (Wildman–Crippen MR) is 78.4 cm³/mol. The Bertz CT molecular complexity index is 404. The number of morpholine rings is 1. The zero-order valence-corrected chi connectivity index (χ0v) is 12.3. The number of likely N-dealkylation sites (N-methyl/N-ethyl adjacent to an activating group) is 1. The fourth-order valence-electron chi connectivity index (χ4n) is 2.40. The Labute approximate surface area is 119 Å². The molecule has 0 aromatic carbocycles. The van der Waals surface area contributed by atoms with E-state index in [1.54, 1.807) is 7.11 Å². The molecular weight excluding hydrogens is 262 g/mol. The van der Waals surface area contributed by atoms with E-state index in [4.69, 9.17) is 21.7 Å². The summed E-state index contributed by atoms with van der Waals surface area (Å²) in [6, 6.07) is 3.97. The molecule has 1 aromatic rings. The van der Waals surface area contributed by atoms with Crippen molar-refractivity contribution in [3.05, 3.63) is 24.0 Å². The summed E-state index contributed by atoms with van der Waals surface area (Å²) in [6.07, 6.45) is 1.89. The topological polar surface area (TPSA) is 49.5 Å². The Morgan fingerprint density at radius 1 is 1.58 bits per heavy atom. The van der Waals surface area contributed by atoms with Crippen LogP contribution in [0.25, 0.3) is 0 Å². The lowest BCUT2D eigenvalue weighted by Gasteiger charge is -2.38. The van der Waals surface area contributed by atoms with Crippen molar-refractivity contribution in [2.24, 2.45) is 0 Å². The van der Waals surface area contributed by atoms with Crippen LogP contribution in [-0.4, -0.2) is 61.9 Å². The van der Waals surface area contributed by atoms with Gasteiger partial charge in [0.1, 0.15) is 4.99 Å². The number of rotatable bonds is 5. The van der Waals surface area contributed by atoms with E-state index in [0.717, 1.165) is 32.0 Å². The van der Waals surface area contributed by atoms with Crippen LogP contribution in [-0.2, 0) is 15.1 Å². The monoisotopic (exact) mass is 283 g/mol. The number of hydrogen-bond acceptors (Lipinski definition) is 4. The highest BCUT2D eigenvalue weighted by atomic mass is 32.1. The minimum Gasteiger partial charge on any atom is -0.380 e. The van der Waals surface area contributed by atoms with Gasteiger partial charge < -0.3 is 19.8 Å². The molecule has 0 spiro atoms. The van der Waals surface area contributed by atoms with E-state index in [1.807, 2.05) is 25.4 Å². The minimum absolute atomic E-state index is 0.634. The van der Waals surface area contributed by atoms with Gasteiger partial charge in [0.05, 0.1) is 18.9 Å². The summed E-state index contributed by atoms with van der Waals surface area (Å²) in [5, 5.41) is 3.06. The second-order valence-electron chi connectivity index (χ2n) is 4.58. The van der Waals surface area contributed by atoms with Gasteiger partial charge in [-0.25, -0.2) is 0 Å². The molecule has 0 amide bonds. The van der Waals surface area contributed by atoms with Crippen LogP contribution in [0.3, 0.4) is 0 Å². The lowest BCUT2D eigenvalue weighted by Crippen LogP contribution is -2.53. The van der Waals surface area contributed by atoms with Crippen LogP contribution in [0, 0.1) is 0 Å². The third-order valence-electron chi connectivity index (χ3n) is 3.53. The molecule has 1 aromatic heterocycles. The second-order valence-corrected chi connectivity index (χ2v) is 4.99. The molecule has 1 saturated heterocycles. The van der Waals surface area contributed by atoms with Gasteiger partial charge in [0.15, 0.2) is 5.60 Å². The maximum atomic E-state index is 5.82. The molecule has 0 radical (unpaired) electrons. The van der Waals surface area contributed by atoms with E-state index in [0.29, 0.717) is 11.5 Å². The molecule has 1 fully saturated rings. The lowest BCUT2D eigenvalue weighted by atomic mass is 9.98. The van der Waals surface area contributed by atoms with Crippen LogP contribution in [0.5, 0.6) is 0 Å². The summed E-state index contributed by atoms with van der Waals surface area (Å²) >= 11 is 5.49. The van der Waals surface area contributed by atoms with Crippen molar-refractivity contribution >= 4 is 17.2 Å². The number of nitrogens with one attached hydrogen (secondary N) is 2. The first-order valence-corrected chi connectivity index (χ1v) is 6.85. The molecule has 1 atom stereocenters. The number of aromatic amines is 1. The maximum Gasteiger partial charge on any atom is 0.169 e. The van der Waals surface area contributed by atoms with Crippen molar-refractivity contribution in [1.82, 2.24) is 15.2 Å². The number of hydrogen-bond donors (Lipinski definition) is 2. The number of ether oxygens (including phenoxy) is 2. The van der Waals surface area contributed by atoms with Crippen molar-refractivity contribution in [2.75, 3.05) is 47.0 Å². The van der Waals surface area contributed by atoms with Crippen molar-refractivity contribution in [2.45, 2.75) is 5.60 Å². The highest BCUT2D eigenvalue weighted by molar-refractivity contribution is 7.80. The van der Waals surface area contributed by atoms with Gasteiger partial charge in [0.2, 0.25) is 0 Å². The summed E-state index contributed by atoms with van der Waals surface area (Å²) in [5.41, 5.74) is 0.339. The standard InChI is InChI=1S/C13H21N3O2S/c1-14-12(19)13(17-2,11-4-3-5-15-11)10-16-6-8-18-9-7-16/h3-5,15H,6-10H2,1-2H3,(H,14,19). The van der Waals surface area contributed by atoms with E-state index < -0.39 is 5.60 Å². The van der Waals surface area contributed by atoms with Crippen molar-refractivity contribution in [1.29, 1.82) is 0 Å². The van der Waals surface area contributed by atoms with E-state index in [9.17, 15) is 0 Å². The van der Waals surface area contributed by atoms with E-state index >= 15 is 0 Å². The Balaban J connectivity index is 2.24. The summed E-state index contributed by atoms with van der Waals surface area (Å²) in [5.74, 6) is 0. The molecule has 1 aliphatic heterocycles. The predicted octanol–water partition coefficient (Wildman–Crippen LogP) is 0.735. The smallest absolute Gasteiger partial charge is 0.169 e. The van der Waals surface area contributed by atoms with Gasteiger partial charge in [-0.3, -0.25) is 4.90 Å². The Hall–Kier alpha value is -0.950. The van der Waals surface area contributed by atoms with E-state index in [1.165, 1.54) is 0 Å². The van der Waals surface area contributed by atoms with Gasteiger partial charge in [0.25, 0.3) is 0 Å². The van der Waals surface area contributed by atoms with Crippen LogP contribution in [0.15, 0.2) is 18.3 Å². The molecule has 106 valence electrons. The van der Waals surface area contributed by atoms with Gasteiger partial charge in [-0.05, 0) is 12.1 Å². The largest absolute Gasteiger partial charge is 0.380 e. The Morgan fingerprint density at radius 3 is 2.84 bits per heavy atom. The third kappa shape index (κ3) is 2.97. The quantitative estimate of drug-likeness (QED) is 0.781. The average molecular weight is 283 g/mol. The summed E-state index contributed by atoms with van der Waals surface area (Å²) in [4.78, 5) is 6.22. The molecule has 0 saturated carbocycles. The highest BCUT2D eigenvalue weighted by Gasteiger charge is 2.39. The lowest BCUT2D eigenvalue weighted by molar-refractivity contribution is -0.0250. The SMILES string of the molecule is CNC(=S)C(CN1CCOCC1)(OC)c1ccc[nH]1. The molecular formula is C13H21N3O2S. The zero-order valence-electron chi connectivity index (χ0n) is 11.4. The number of thiocarbonyl (C=S) groups is 1. The van der Waals surface area contributed by atoms with Gasteiger partial charge >= 0.3 is 0 Å². The molecule has 2 rings (SSSR count). The highest BCUT2D eigenvalue weighted by Crippen LogP contribution is 2.27. The fraction of sp³-hybridized carbons (Fsp3) is 0.615. The van der Waals surface area contributed by atoms with Crippen LogP contribution < -0.4 is 5.32 Å². The van der Waals surface area contributed by atoms with Crippen LogP contribution in [0.1, 0.15) is 5.69 Å². The number of H-pyrrole nitrogens is 1. The molecule has 0 bridgehead atoms. The van der Waals surface area contributed by atoms with Crippen LogP contribution in [0.4, 0.5) is 0 Å². The van der Waals surface area contributed by atoms with Gasteiger partial charge in [-0.2, -0.15) is 0 Å². The van der Waals surface area contributed by atoms with Crippen molar-refractivity contribution in [3.8, 4) is 0 Å². The third-order valence-corrected chi connectivity index (χ3v) is 4.06. The molecule has 5 nitrogen and oxygen atoms in total. The van der Waals surface area contributed by atoms with Crippen LogP contribution in [0.2, 0.25) is 0 Å². The number of methoxy groups -OCH3 is 1. The molecule has 2 heterocycles. The minimum atomic E-state index is -0.634. The normalized spacial score (nSPS) is 19.9. The fourth-order valence-corrected chi connectivity index (χ4v) is 2.66. The number of nitrogens with zero attached hydrogens (tertiary/aromatic N) is 1. The molecule has 19 heavy (non-hydrogen) atoms. The van der Waals surface area contributed by atoms with E-state index in [-0.39, 0.29) is 0 Å². The summed E-state index contributed by atoms with van der Waals surface area (Å²) in [7, 11) is 3.53. The average Bonchev–Trinajstić information content (AvgIpc) is 2.99. The van der Waals surface area contributed by atoms with Crippen LogP contribution >= 0.6 is 12.2 Å². The van der Waals surface area contributed by atoms with Crippen molar-refractivity contribution < 1.29 is 9.47 Å². The summed E-state index contributed by atoms with van der Waals surface area (Å²) in [6.45, 7) is 4.04. The molecule has 1 unspecified atom stereocenters. The van der Waals surface area contributed by atoms with Gasteiger partial charge in [-0.1, -0.05) is 12.2 Å². The first kappa shape index (κ1) is 14.5. The second kappa shape index (κ2) is 6.47. The molecule has 0 aliphatic carbocycles. The summed E-state index contributed by atoms with van der Waals surface area (Å²) < 4.78 is 11.2. The van der Waals surface area contributed by atoms with Crippen molar-refractivity contribution in [3.63, 3.8) is 0 Å². The van der Waals surface area contributed by atoms with Gasteiger partial charge in [0, 0.05) is 40.0 Å². The molecule has 1 aliphatic rings. The zero-order chi connectivity index (χ0) is 13.7.